The zero-order valence-corrected chi connectivity index (χ0v) is 16.2. The zero-order chi connectivity index (χ0) is 16.7. The molecule has 1 aromatic carbocycles. The number of benzene rings is 1. The minimum Gasteiger partial charge on any atom is -0.487 e. The van der Waals surface area contributed by atoms with E-state index >= 15 is 0 Å². The summed E-state index contributed by atoms with van der Waals surface area (Å²) >= 11 is 2.12. The molecular formula is C22H31NOS. The molecule has 1 aromatic rings. The van der Waals surface area contributed by atoms with Gasteiger partial charge in [0.1, 0.15) is 11.4 Å². The van der Waals surface area contributed by atoms with Crippen LogP contribution in [0.2, 0.25) is 0 Å². The first-order chi connectivity index (χ1) is 12.3. The minimum atomic E-state index is 0.135. The van der Waals surface area contributed by atoms with E-state index in [1.54, 1.807) is 5.56 Å². The average molecular weight is 358 g/mol. The fraction of sp³-hybridized carbons (Fsp3) is 0.727. The Kier molecular flexibility index (Phi) is 4.49. The molecule has 2 nitrogen and oxygen atoms in total. The lowest BCUT2D eigenvalue weighted by Crippen LogP contribution is -2.53. The Bertz CT molecular complexity index is 612. The predicted molar refractivity (Wildman–Crippen MR) is 106 cm³/mol. The van der Waals surface area contributed by atoms with Gasteiger partial charge in [-0.25, -0.2) is 0 Å². The molecule has 0 aromatic heterocycles. The SMILES string of the molecule is c1cc2c(cc1C1CCSCC1)CCC1(CCN(C3CCC3)CC1)O2. The highest BCUT2D eigenvalue weighted by Gasteiger charge is 2.41. The van der Waals surface area contributed by atoms with Crippen molar-refractivity contribution in [3.63, 3.8) is 0 Å². The highest BCUT2D eigenvalue weighted by atomic mass is 32.2. The summed E-state index contributed by atoms with van der Waals surface area (Å²) in [5.41, 5.74) is 3.18. The maximum atomic E-state index is 6.65. The summed E-state index contributed by atoms with van der Waals surface area (Å²) < 4.78 is 6.65. The highest BCUT2D eigenvalue weighted by Crippen LogP contribution is 2.42. The number of nitrogens with zero attached hydrogens (tertiary/aromatic N) is 1. The topological polar surface area (TPSA) is 12.5 Å². The van der Waals surface area contributed by atoms with Crippen molar-refractivity contribution < 1.29 is 4.74 Å². The van der Waals surface area contributed by atoms with Crippen molar-refractivity contribution in [2.45, 2.75) is 75.3 Å². The number of ether oxygens (including phenoxy) is 1. The second kappa shape index (κ2) is 6.81. The lowest BCUT2D eigenvalue weighted by Gasteiger charge is -2.48. The zero-order valence-electron chi connectivity index (χ0n) is 15.3. The third-order valence-electron chi connectivity index (χ3n) is 7.25. The molecule has 4 aliphatic rings. The maximum Gasteiger partial charge on any atom is 0.123 e. The fourth-order valence-corrected chi connectivity index (χ4v) is 6.33. The van der Waals surface area contributed by atoms with Crippen molar-refractivity contribution in [2.75, 3.05) is 24.6 Å². The summed E-state index contributed by atoms with van der Waals surface area (Å²) in [6.45, 7) is 2.50. The molecule has 0 atom stereocenters. The predicted octanol–water partition coefficient (Wildman–Crippen LogP) is 5.01. The third-order valence-corrected chi connectivity index (χ3v) is 8.30. The van der Waals surface area contributed by atoms with E-state index in [0.717, 1.165) is 12.0 Å². The van der Waals surface area contributed by atoms with Gasteiger partial charge in [0.25, 0.3) is 0 Å². The van der Waals surface area contributed by atoms with E-state index < -0.39 is 0 Å². The second-order valence-corrected chi connectivity index (χ2v) is 9.88. The summed E-state index contributed by atoms with van der Waals surface area (Å²) in [4.78, 5) is 2.73. The highest BCUT2D eigenvalue weighted by molar-refractivity contribution is 7.99. The van der Waals surface area contributed by atoms with Gasteiger partial charge in [-0.15, -0.1) is 0 Å². The standard InChI is InChI=1S/C22H31NOS/c1-2-20(3-1)23-12-10-22(11-13-23)9-6-19-16-18(4-5-21(19)24-22)17-7-14-25-15-8-17/h4-5,16-17,20H,1-3,6-15H2. The molecule has 136 valence electrons. The summed E-state index contributed by atoms with van der Waals surface area (Å²) in [5.74, 6) is 4.64. The molecule has 3 heterocycles. The fourth-order valence-electron chi connectivity index (χ4n) is 5.23. The molecule has 3 fully saturated rings. The molecule has 3 aliphatic heterocycles. The van der Waals surface area contributed by atoms with Crippen molar-refractivity contribution in [3.05, 3.63) is 29.3 Å². The maximum absolute atomic E-state index is 6.65. The largest absolute Gasteiger partial charge is 0.487 e. The lowest BCUT2D eigenvalue weighted by molar-refractivity contribution is -0.0337. The van der Waals surface area contributed by atoms with Crippen LogP contribution in [-0.4, -0.2) is 41.1 Å². The van der Waals surface area contributed by atoms with Crippen LogP contribution in [0.5, 0.6) is 5.75 Å². The van der Waals surface area contributed by atoms with Crippen LogP contribution in [0, 0.1) is 0 Å². The van der Waals surface area contributed by atoms with E-state index in [1.807, 2.05) is 0 Å². The van der Waals surface area contributed by atoms with Gasteiger partial charge in [-0.3, -0.25) is 0 Å². The van der Waals surface area contributed by atoms with Crippen LogP contribution >= 0.6 is 11.8 Å². The molecule has 1 aliphatic carbocycles. The number of thioether (sulfide) groups is 1. The summed E-state index contributed by atoms with van der Waals surface area (Å²) in [7, 11) is 0. The van der Waals surface area contributed by atoms with Crippen molar-refractivity contribution >= 4 is 11.8 Å². The van der Waals surface area contributed by atoms with Gasteiger partial charge in [-0.2, -0.15) is 11.8 Å². The smallest absolute Gasteiger partial charge is 0.123 e. The van der Waals surface area contributed by atoms with Crippen LogP contribution in [0.15, 0.2) is 18.2 Å². The van der Waals surface area contributed by atoms with Gasteiger partial charge in [-0.1, -0.05) is 18.6 Å². The van der Waals surface area contributed by atoms with Crippen LogP contribution in [0.25, 0.3) is 0 Å². The van der Waals surface area contributed by atoms with Gasteiger partial charge in [0, 0.05) is 19.1 Å². The van der Waals surface area contributed by atoms with Crippen molar-refractivity contribution in [2.24, 2.45) is 0 Å². The third kappa shape index (κ3) is 3.23. The molecule has 1 spiro atoms. The number of hydrogen-bond donors (Lipinski definition) is 0. The van der Waals surface area contributed by atoms with E-state index in [9.17, 15) is 0 Å². The normalized spacial score (nSPS) is 27.5. The van der Waals surface area contributed by atoms with Crippen LogP contribution < -0.4 is 4.74 Å². The van der Waals surface area contributed by atoms with Gasteiger partial charge >= 0.3 is 0 Å². The van der Waals surface area contributed by atoms with E-state index in [1.165, 1.54) is 93.7 Å². The summed E-state index contributed by atoms with van der Waals surface area (Å²) in [6.07, 6.45) is 11.9. The Morgan fingerprint density at radius 2 is 1.80 bits per heavy atom. The number of likely N-dealkylation sites (tertiary alicyclic amines) is 1. The number of rotatable bonds is 2. The number of hydrogen-bond acceptors (Lipinski definition) is 3. The molecule has 25 heavy (non-hydrogen) atoms. The van der Waals surface area contributed by atoms with Gasteiger partial charge in [-0.05, 0) is 86.0 Å². The molecule has 1 saturated carbocycles. The minimum absolute atomic E-state index is 0.135. The number of piperidine rings is 1. The first kappa shape index (κ1) is 16.5. The molecule has 2 saturated heterocycles. The van der Waals surface area contributed by atoms with E-state index in [0.29, 0.717) is 0 Å². The molecule has 0 N–H and O–H groups in total. The summed E-state index contributed by atoms with van der Waals surface area (Å²) in [6, 6.07) is 8.03. The van der Waals surface area contributed by atoms with E-state index in [2.05, 4.69) is 34.9 Å². The average Bonchev–Trinajstić information content (AvgIpc) is 2.63. The molecule has 0 bridgehead atoms. The monoisotopic (exact) mass is 357 g/mol. The van der Waals surface area contributed by atoms with Gasteiger partial charge in [0.05, 0.1) is 0 Å². The van der Waals surface area contributed by atoms with Gasteiger partial charge in [0.2, 0.25) is 0 Å². The Morgan fingerprint density at radius 1 is 1.00 bits per heavy atom. The molecule has 3 heteroatoms. The molecular weight excluding hydrogens is 326 g/mol. The van der Waals surface area contributed by atoms with Crippen LogP contribution in [0.1, 0.15) is 68.4 Å². The first-order valence-electron chi connectivity index (χ1n) is 10.5. The van der Waals surface area contributed by atoms with Gasteiger partial charge < -0.3 is 9.64 Å². The Labute approximate surface area is 156 Å². The van der Waals surface area contributed by atoms with Crippen molar-refractivity contribution in [1.29, 1.82) is 0 Å². The van der Waals surface area contributed by atoms with E-state index in [4.69, 9.17) is 4.74 Å². The first-order valence-corrected chi connectivity index (χ1v) is 11.6. The van der Waals surface area contributed by atoms with Crippen molar-refractivity contribution in [1.82, 2.24) is 4.90 Å². The number of aryl methyl sites for hydroxylation is 1. The number of fused-ring (bicyclic) bond motifs is 1. The lowest BCUT2D eigenvalue weighted by atomic mass is 9.80. The summed E-state index contributed by atoms with van der Waals surface area (Å²) in [5, 5.41) is 0. The Morgan fingerprint density at radius 3 is 2.52 bits per heavy atom. The van der Waals surface area contributed by atoms with Crippen LogP contribution in [-0.2, 0) is 6.42 Å². The Hall–Kier alpha value is -0.670. The van der Waals surface area contributed by atoms with Gasteiger partial charge in [0.15, 0.2) is 0 Å². The molecule has 0 amide bonds. The van der Waals surface area contributed by atoms with Crippen LogP contribution in [0.3, 0.4) is 0 Å². The Balaban J connectivity index is 1.27. The molecule has 5 rings (SSSR count). The second-order valence-electron chi connectivity index (χ2n) is 8.66. The van der Waals surface area contributed by atoms with Crippen LogP contribution in [0.4, 0.5) is 0 Å². The van der Waals surface area contributed by atoms with Crippen molar-refractivity contribution in [3.8, 4) is 5.75 Å². The molecule has 0 radical (unpaired) electrons. The molecule has 0 unspecified atom stereocenters. The van der Waals surface area contributed by atoms with E-state index in [-0.39, 0.29) is 5.60 Å². The quantitative estimate of drug-likeness (QED) is 0.738.